The molecular weight excluding hydrogens is 342 g/mol. The molecule has 0 aromatic heterocycles. The third kappa shape index (κ3) is 9.26. The van der Waals surface area contributed by atoms with Gasteiger partial charge in [-0.1, -0.05) is 43.7 Å². The maximum absolute atomic E-state index is 12.1. The van der Waals surface area contributed by atoms with E-state index in [0.717, 1.165) is 5.56 Å². The number of allylic oxidation sites excluding steroid dienone is 1. The van der Waals surface area contributed by atoms with Gasteiger partial charge in [0.2, 0.25) is 10.0 Å². The van der Waals surface area contributed by atoms with E-state index in [2.05, 4.69) is 4.72 Å². The van der Waals surface area contributed by atoms with E-state index in [1.54, 1.807) is 30.3 Å². The van der Waals surface area contributed by atoms with Crippen LogP contribution < -0.4 is 4.72 Å². The van der Waals surface area contributed by atoms with Gasteiger partial charge in [-0.05, 0) is 37.8 Å². The second-order valence-electron chi connectivity index (χ2n) is 6.09. The van der Waals surface area contributed by atoms with E-state index in [4.69, 9.17) is 9.47 Å². The Kier molecular flexibility index (Phi) is 9.23. The summed E-state index contributed by atoms with van der Waals surface area (Å²) in [5.74, 6) is 0.270. The van der Waals surface area contributed by atoms with Crippen molar-refractivity contribution in [1.29, 1.82) is 0 Å². The van der Waals surface area contributed by atoms with Crippen molar-refractivity contribution in [2.45, 2.75) is 38.5 Å². The molecule has 0 atom stereocenters. The fourth-order valence-corrected chi connectivity index (χ4v) is 2.88. The molecule has 0 heterocycles. The van der Waals surface area contributed by atoms with Gasteiger partial charge in [-0.15, -0.1) is 0 Å². The Labute approximate surface area is 150 Å². The summed E-state index contributed by atoms with van der Waals surface area (Å²) in [5.41, 5.74) is 1.01. The van der Waals surface area contributed by atoms with E-state index in [1.165, 1.54) is 0 Å². The first-order chi connectivity index (χ1) is 11.8. The smallest absolute Gasteiger partial charge is 0.434 e. The zero-order valence-corrected chi connectivity index (χ0v) is 15.8. The lowest BCUT2D eigenvalue weighted by Crippen LogP contribution is -2.24. The minimum atomic E-state index is -3.46. The minimum Gasteiger partial charge on any atom is -0.434 e. The molecular formula is C18H27NO5S. The highest BCUT2D eigenvalue weighted by Gasteiger charge is 2.12. The summed E-state index contributed by atoms with van der Waals surface area (Å²) in [6.45, 7) is 6.62. The molecule has 0 radical (unpaired) electrons. The Balaban J connectivity index is 2.17. The average molecular weight is 369 g/mol. The molecule has 6 nitrogen and oxygen atoms in total. The van der Waals surface area contributed by atoms with Gasteiger partial charge in [-0.25, -0.2) is 17.9 Å². The highest BCUT2D eigenvalue weighted by molar-refractivity contribution is 7.89. The van der Waals surface area contributed by atoms with Crippen molar-refractivity contribution in [2.24, 2.45) is 5.92 Å². The van der Waals surface area contributed by atoms with Crippen LogP contribution in [0.1, 0.15) is 32.3 Å². The molecule has 140 valence electrons. The van der Waals surface area contributed by atoms with E-state index in [-0.39, 0.29) is 17.4 Å². The Hall–Kier alpha value is -1.86. The molecule has 0 fully saturated rings. The first-order valence-corrected chi connectivity index (χ1v) is 9.80. The molecule has 1 aromatic rings. The first kappa shape index (κ1) is 21.2. The van der Waals surface area contributed by atoms with Gasteiger partial charge in [0.15, 0.2) is 0 Å². The molecule has 0 amide bonds. The largest absolute Gasteiger partial charge is 0.508 e. The van der Waals surface area contributed by atoms with E-state index in [0.29, 0.717) is 26.0 Å². The van der Waals surface area contributed by atoms with Crippen LogP contribution in [0.4, 0.5) is 4.79 Å². The number of unbranched alkanes of at least 4 members (excludes halogenated alkanes) is 1. The average Bonchev–Trinajstić information content (AvgIpc) is 2.55. The number of carbonyl (C=O) groups is 1. The number of ether oxygens (including phenoxy) is 2. The van der Waals surface area contributed by atoms with Gasteiger partial charge in [-0.3, -0.25) is 0 Å². The summed E-state index contributed by atoms with van der Waals surface area (Å²) in [6.07, 6.45) is 4.21. The van der Waals surface area contributed by atoms with Crippen molar-refractivity contribution in [3.8, 4) is 0 Å². The van der Waals surface area contributed by atoms with Crippen LogP contribution in [0.5, 0.6) is 0 Å². The summed E-state index contributed by atoms with van der Waals surface area (Å²) in [6, 6.07) is 6.72. The number of hydrogen-bond acceptors (Lipinski definition) is 5. The van der Waals surface area contributed by atoms with Crippen LogP contribution in [0.2, 0.25) is 0 Å². The van der Waals surface area contributed by atoms with Gasteiger partial charge in [-0.2, -0.15) is 0 Å². The van der Waals surface area contributed by atoms with Gasteiger partial charge in [0.05, 0.1) is 11.5 Å². The standard InChI is InChI=1S/C18H27NO5S/c1-15(2)14-24-18(20)23-13-7-5-4-6-12-19-25(21,22)17-10-8-16(3)9-11-17/h5,7-11,15,19H,4,6,12-14H2,1-3H3/b7-5+. The molecule has 0 bridgehead atoms. The number of carbonyl (C=O) groups excluding carboxylic acids is 1. The second kappa shape index (κ2) is 10.9. The fraction of sp³-hybridized carbons (Fsp3) is 0.500. The molecule has 25 heavy (non-hydrogen) atoms. The van der Waals surface area contributed by atoms with Crippen LogP contribution in [-0.4, -0.2) is 34.3 Å². The van der Waals surface area contributed by atoms with Gasteiger partial charge in [0, 0.05) is 6.54 Å². The highest BCUT2D eigenvalue weighted by Crippen LogP contribution is 2.09. The van der Waals surface area contributed by atoms with Crippen LogP contribution >= 0.6 is 0 Å². The molecule has 0 saturated heterocycles. The van der Waals surface area contributed by atoms with Crippen molar-refractivity contribution in [3.63, 3.8) is 0 Å². The Morgan fingerprint density at radius 3 is 2.48 bits per heavy atom. The maximum Gasteiger partial charge on any atom is 0.508 e. The second-order valence-corrected chi connectivity index (χ2v) is 7.86. The Morgan fingerprint density at radius 1 is 1.16 bits per heavy atom. The molecule has 1 N–H and O–H groups in total. The molecule has 0 unspecified atom stereocenters. The molecule has 0 aliphatic carbocycles. The molecule has 0 aliphatic rings. The maximum atomic E-state index is 12.1. The number of hydrogen-bond donors (Lipinski definition) is 1. The van der Waals surface area contributed by atoms with Crippen molar-refractivity contribution < 1.29 is 22.7 Å². The van der Waals surface area contributed by atoms with Crippen LogP contribution in [0.3, 0.4) is 0 Å². The normalized spacial score (nSPS) is 11.8. The lowest BCUT2D eigenvalue weighted by atomic mass is 10.2. The minimum absolute atomic E-state index is 0.145. The van der Waals surface area contributed by atoms with Gasteiger partial charge < -0.3 is 9.47 Å². The first-order valence-electron chi connectivity index (χ1n) is 8.32. The van der Waals surface area contributed by atoms with Crippen molar-refractivity contribution in [2.75, 3.05) is 19.8 Å². The summed E-state index contributed by atoms with van der Waals surface area (Å²) in [7, 11) is -3.46. The van der Waals surface area contributed by atoms with Crippen LogP contribution in [-0.2, 0) is 19.5 Å². The molecule has 1 aromatic carbocycles. The molecule has 7 heteroatoms. The van der Waals surface area contributed by atoms with Crippen LogP contribution in [0.25, 0.3) is 0 Å². The molecule has 0 aliphatic heterocycles. The quantitative estimate of drug-likeness (QED) is 0.388. The summed E-state index contributed by atoms with van der Waals surface area (Å²) >= 11 is 0. The van der Waals surface area contributed by atoms with Gasteiger partial charge >= 0.3 is 6.16 Å². The third-order valence-corrected chi connectivity index (χ3v) is 4.65. The highest BCUT2D eigenvalue weighted by atomic mass is 32.2. The van der Waals surface area contributed by atoms with Crippen molar-refractivity contribution in [1.82, 2.24) is 4.72 Å². The summed E-state index contributed by atoms with van der Waals surface area (Å²) in [5, 5.41) is 0. The number of rotatable bonds is 10. The number of benzene rings is 1. The number of nitrogens with one attached hydrogen (secondary N) is 1. The third-order valence-electron chi connectivity index (χ3n) is 3.17. The molecule has 0 spiro atoms. The predicted molar refractivity (Wildman–Crippen MR) is 96.9 cm³/mol. The topological polar surface area (TPSA) is 81.7 Å². The zero-order valence-electron chi connectivity index (χ0n) is 15.0. The number of aryl methyl sites for hydroxylation is 1. The summed E-state index contributed by atoms with van der Waals surface area (Å²) in [4.78, 5) is 11.5. The fourth-order valence-electron chi connectivity index (χ4n) is 1.81. The Bertz CT molecular complexity index is 651. The summed E-state index contributed by atoms with van der Waals surface area (Å²) < 4.78 is 36.4. The van der Waals surface area contributed by atoms with Crippen LogP contribution in [0, 0.1) is 12.8 Å². The lowest BCUT2D eigenvalue weighted by Gasteiger charge is -2.06. The van der Waals surface area contributed by atoms with E-state index in [9.17, 15) is 13.2 Å². The monoisotopic (exact) mass is 369 g/mol. The van der Waals surface area contributed by atoms with Gasteiger partial charge in [0.25, 0.3) is 0 Å². The van der Waals surface area contributed by atoms with Crippen molar-refractivity contribution >= 4 is 16.2 Å². The molecule has 0 saturated carbocycles. The lowest BCUT2D eigenvalue weighted by molar-refractivity contribution is 0.0549. The zero-order chi connectivity index (χ0) is 18.7. The SMILES string of the molecule is Cc1ccc(S(=O)(=O)NCCC/C=C/COC(=O)OCC(C)C)cc1. The van der Waals surface area contributed by atoms with Crippen LogP contribution in [0.15, 0.2) is 41.3 Å². The van der Waals surface area contributed by atoms with E-state index in [1.807, 2.05) is 26.8 Å². The van der Waals surface area contributed by atoms with Crippen molar-refractivity contribution in [3.05, 3.63) is 42.0 Å². The van der Waals surface area contributed by atoms with E-state index < -0.39 is 16.2 Å². The van der Waals surface area contributed by atoms with Gasteiger partial charge in [0.1, 0.15) is 6.61 Å². The predicted octanol–water partition coefficient (Wildman–Crippen LogP) is 3.42. The molecule has 1 rings (SSSR count). The number of sulfonamides is 1. The van der Waals surface area contributed by atoms with E-state index >= 15 is 0 Å². The Morgan fingerprint density at radius 2 is 1.84 bits per heavy atom.